The van der Waals surface area contributed by atoms with E-state index >= 15 is 0 Å². The molecule has 0 aromatic carbocycles. The molecule has 1 amide bonds. The summed E-state index contributed by atoms with van der Waals surface area (Å²) in [6, 6.07) is 0.313. The van der Waals surface area contributed by atoms with Crippen molar-refractivity contribution in [1.29, 1.82) is 0 Å². The number of fused-ring (bicyclic) bond motifs is 1. The maximum atomic E-state index is 11.8. The summed E-state index contributed by atoms with van der Waals surface area (Å²) in [5.41, 5.74) is 0.812. The number of rotatable bonds is 0. The molecule has 0 aromatic rings. The molecule has 2 heterocycles. The summed E-state index contributed by atoms with van der Waals surface area (Å²) in [7, 11) is 0. The first-order valence-electron chi connectivity index (χ1n) is 5.86. The van der Waals surface area contributed by atoms with Crippen LogP contribution in [-0.4, -0.2) is 41.4 Å². The number of amides is 1. The summed E-state index contributed by atoms with van der Waals surface area (Å²) in [4.78, 5) is 18.2. The van der Waals surface area contributed by atoms with Gasteiger partial charge in [0, 0.05) is 24.7 Å². The van der Waals surface area contributed by atoms with Gasteiger partial charge in [-0.3, -0.25) is 4.99 Å². The van der Waals surface area contributed by atoms with Crippen molar-refractivity contribution in [2.75, 3.05) is 13.1 Å². The molecule has 4 nitrogen and oxygen atoms in total. The molecule has 0 spiro atoms. The zero-order valence-electron chi connectivity index (χ0n) is 10.5. The van der Waals surface area contributed by atoms with Crippen LogP contribution >= 0.6 is 0 Å². The lowest BCUT2D eigenvalue weighted by atomic mass is 10.0. The van der Waals surface area contributed by atoms with E-state index in [1.54, 1.807) is 4.90 Å². The molecule has 2 atom stereocenters. The van der Waals surface area contributed by atoms with E-state index in [0.717, 1.165) is 19.5 Å². The maximum absolute atomic E-state index is 11.8. The summed E-state index contributed by atoms with van der Waals surface area (Å²) in [5.74, 6) is 0.521. The van der Waals surface area contributed by atoms with E-state index in [1.165, 1.54) is 5.71 Å². The monoisotopic (exact) mass is 224 g/mol. The maximum Gasteiger partial charge on any atom is 0.410 e. The van der Waals surface area contributed by atoms with Gasteiger partial charge >= 0.3 is 6.09 Å². The lowest BCUT2D eigenvalue weighted by Gasteiger charge is -2.24. The van der Waals surface area contributed by atoms with E-state index in [4.69, 9.17) is 4.74 Å². The normalized spacial score (nSPS) is 29.0. The topological polar surface area (TPSA) is 41.9 Å². The minimum atomic E-state index is -0.409. The van der Waals surface area contributed by atoms with Gasteiger partial charge in [-0.15, -0.1) is 0 Å². The molecule has 2 rings (SSSR count). The fourth-order valence-electron chi connectivity index (χ4n) is 2.39. The minimum Gasteiger partial charge on any atom is -0.444 e. The summed E-state index contributed by atoms with van der Waals surface area (Å²) in [6.45, 7) is 9.26. The van der Waals surface area contributed by atoms with Crippen molar-refractivity contribution in [3.05, 3.63) is 0 Å². The van der Waals surface area contributed by atoms with Gasteiger partial charge in [-0.25, -0.2) is 4.79 Å². The van der Waals surface area contributed by atoms with Crippen molar-refractivity contribution < 1.29 is 9.53 Å². The molecule has 2 unspecified atom stereocenters. The Hall–Kier alpha value is -1.06. The zero-order valence-corrected chi connectivity index (χ0v) is 10.5. The summed E-state index contributed by atoms with van der Waals surface area (Å²) in [5, 5.41) is 0. The number of carbonyl (C=O) groups excluding carboxylic acids is 1. The molecule has 0 N–H and O–H groups in total. The van der Waals surface area contributed by atoms with E-state index in [2.05, 4.69) is 11.9 Å². The lowest BCUT2D eigenvalue weighted by Crippen LogP contribution is -2.36. The van der Waals surface area contributed by atoms with Gasteiger partial charge in [-0.05, 0) is 34.1 Å². The molecule has 2 aliphatic rings. The van der Waals surface area contributed by atoms with Crippen LogP contribution in [0.2, 0.25) is 0 Å². The average Bonchev–Trinajstić information content (AvgIpc) is 2.56. The molecule has 0 saturated carbocycles. The standard InChI is InChI=1S/C12H20N2O2/c1-8-5-9-6-14(7-10(9)13-8)11(15)16-12(2,3)4/h9-10H,5-7H2,1-4H3. The van der Waals surface area contributed by atoms with Crippen molar-refractivity contribution in [3.63, 3.8) is 0 Å². The zero-order chi connectivity index (χ0) is 11.9. The van der Waals surface area contributed by atoms with E-state index in [0.29, 0.717) is 12.0 Å². The SMILES string of the molecule is CC1=NC2CN(C(=O)OC(C)(C)C)CC2C1. The largest absolute Gasteiger partial charge is 0.444 e. The highest BCUT2D eigenvalue weighted by Gasteiger charge is 2.39. The van der Waals surface area contributed by atoms with Crippen molar-refractivity contribution in [2.24, 2.45) is 10.9 Å². The van der Waals surface area contributed by atoms with E-state index in [1.807, 2.05) is 20.8 Å². The van der Waals surface area contributed by atoms with Gasteiger partial charge in [0.2, 0.25) is 0 Å². The molecule has 0 aliphatic carbocycles. The number of nitrogens with zero attached hydrogens (tertiary/aromatic N) is 2. The Morgan fingerprint density at radius 1 is 1.44 bits per heavy atom. The molecule has 2 aliphatic heterocycles. The first-order valence-corrected chi connectivity index (χ1v) is 5.86. The molecular weight excluding hydrogens is 204 g/mol. The Labute approximate surface area is 96.7 Å². The summed E-state index contributed by atoms with van der Waals surface area (Å²) >= 11 is 0. The molecule has 16 heavy (non-hydrogen) atoms. The Kier molecular flexibility index (Phi) is 2.68. The predicted octanol–water partition coefficient (Wildman–Crippen LogP) is 2.09. The molecule has 1 saturated heterocycles. The second-order valence-electron chi connectivity index (χ2n) is 5.78. The highest BCUT2D eigenvalue weighted by atomic mass is 16.6. The van der Waals surface area contributed by atoms with Crippen LogP contribution in [0.4, 0.5) is 4.79 Å². The van der Waals surface area contributed by atoms with Crippen LogP contribution in [-0.2, 0) is 4.74 Å². The van der Waals surface area contributed by atoms with Crippen molar-refractivity contribution >= 4 is 11.8 Å². The molecule has 90 valence electrons. The number of carbonyl (C=O) groups is 1. The van der Waals surface area contributed by atoms with Crippen LogP contribution in [0.3, 0.4) is 0 Å². The Morgan fingerprint density at radius 3 is 2.69 bits per heavy atom. The summed E-state index contributed by atoms with van der Waals surface area (Å²) < 4.78 is 5.35. The molecule has 0 bridgehead atoms. The number of ether oxygens (including phenoxy) is 1. The van der Waals surface area contributed by atoms with Crippen LogP contribution in [0.15, 0.2) is 4.99 Å². The fourth-order valence-corrected chi connectivity index (χ4v) is 2.39. The number of aliphatic imine (C=N–C) groups is 1. The third kappa shape index (κ3) is 2.36. The molecule has 1 fully saturated rings. The lowest BCUT2D eigenvalue weighted by molar-refractivity contribution is 0.0286. The van der Waals surface area contributed by atoms with Gasteiger partial charge in [-0.2, -0.15) is 0 Å². The van der Waals surface area contributed by atoms with Gasteiger partial charge in [0.05, 0.1) is 6.04 Å². The van der Waals surface area contributed by atoms with Crippen LogP contribution in [0.1, 0.15) is 34.1 Å². The van der Waals surface area contributed by atoms with Crippen molar-refractivity contribution in [3.8, 4) is 0 Å². The number of likely N-dealkylation sites (tertiary alicyclic amines) is 1. The fraction of sp³-hybridized carbons (Fsp3) is 0.833. The number of hydrogen-bond donors (Lipinski definition) is 0. The van der Waals surface area contributed by atoms with Crippen molar-refractivity contribution in [1.82, 2.24) is 4.90 Å². The molecular formula is C12H20N2O2. The third-order valence-corrected chi connectivity index (χ3v) is 3.00. The second kappa shape index (κ2) is 3.75. The predicted molar refractivity (Wildman–Crippen MR) is 62.8 cm³/mol. The van der Waals surface area contributed by atoms with Crippen LogP contribution in [0.5, 0.6) is 0 Å². The Morgan fingerprint density at radius 2 is 2.12 bits per heavy atom. The van der Waals surface area contributed by atoms with Gasteiger partial charge < -0.3 is 9.64 Å². The first kappa shape index (κ1) is 11.4. The molecule has 0 aromatic heterocycles. The summed E-state index contributed by atoms with van der Waals surface area (Å²) in [6.07, 6.45) is 0.832. The van der Waals surface area contributed by atoms with Gasteiger partial charge in [0.25, 0.3) is 0 Å². The van der Waals surface area contributed by atoms with Gasteiger partial charge in [0.15, 0.2) is 0 Å². The smallest absolute Gasteiger partial charge is 0.410 e. The second-order valence-corrected chi connectivity index (χ2v) is 5.78. The van der Waals surface area contributed by atoms with Gasteiger partial charge in [0.1, 0.15) is 5.60 Å². The third-order valence-electron chi connectivity index (χ3n) is 3.00. The Balaban J connectivity index is 1.93. The van der Waals surface area contributed by atoms with Crippen LogP contribution in [0, 0.1) is 5.92 Å². The van der Waals surface area contributed by atoms with E-state index < -0.39 is 5.60 Å². The van der Waals surface area contributed by atoms with Crippen LogP contribution < -0.4 is 0 Å². The minimum absolute atomic E-state index is 0.199. The van der Waals surface area contributed by atoms with E-state index in [9.17, 15) is 4.79 Å². The molecule has 4 heteroatoms. The average molecular weight is 224 g/mol. The number of hydrogen-bond acceptors (Lipinski definition) is 3. The van der Waals surface area contributed by atoms with E-state index in [-0.39, 0.29) is 6.09 Å². The first-order chi connectivity index (χ1) is 7.35. The highest BCUT2D eigenvalue weighted by Crippen LogP contribution is 2.29. The quantitative estimate of drug-likeness (QED) is 0.632. The van der Waals surface area contributed by atoms with Gasteiger partial charge in [-0.1, -0.05) is 0 Å². The highest BCUT2D eigenvalue weighted by molar-refractivity contribution is 5.84. The van der Waals surface area contributed by atoms with Crippen molar-refractivity contribution in [2.45, 2.75) is 45.8 Å². The Bertz CT molecular complexity index is 330. The molecule has 0 radical (unpaired) electrons. The van der Waals surface area contributed by atoms with Crippen LogP contribution in [0.25, 0.3) is 0 Å².